The van der Waals surface area contributed by atoms with Crippen molar-refractivity contribution in [2.24, 2.45) is 0 Å². The molecule has 0 amide bonds. The largest absolute Gasteiger partial charge is 0.472 e. The van der Waals surface area contributed by atoms with Crippen LogP contribution in [0.3, 0.4) is 0 Å². The Morgan fingerprint density at radius 3 is 0.820 bits per heavy atom. The van der Waals surface area contributed by atoms with Crippen LogP contribution in [0.15, 0.2) is 109 Å². The standard InChI is InChI=1S/C81H140O17P2/c1-5-9-13-17-21-25-29-33-35-37-39-43-46-50-54-58-62-66-79(84)92-72-77(98-81(86)68-64-60-56-52-48-44-40-38-36-34-30-26-22-18-14-10-6-2)74-96-100(89,90)94-70-75(82)69-93-99(87,88)95-73-76(97-80(85)67-63-59-55-51-47-42-32-28-24-20-16-12-8-4)71-91-78(83)65-61-57-53-49-45-41-31-27-23-19-15-11-7-3/h9-10,13-14,21-22,25-27,31,33-36,39-40,43-44,75-77,82H,5-8,11-12,15-20,23-24,28-30,32,37-38,41-42,45-74H2,1-4H3,(H,87,88)(H,89,90)/b13-9-,14-10-,25-21-,26-22-,31-27-,35-33-,36-34-,43-39-,44-40-. The Morgan fingerprint density at radius 2 is 0.520 bits per heavy atom. The van der Waals surface area contributed by atoms with Crippen LogP contribution in [0, 0.1) is 0 Å². The van der Waals surface area contributed by atoms with Gasteiger partial charge in [0.25, 0.3) is 0 Å². The van der Waals surface area contributed by atoms with Crippen LogP contribution in [0.5, 0.6) is 0 Å². The van der Waals surface area contributed by atoms with Gasteiger partial charge in [0.2, 0.25) is 0 Å². The van der Waals surface area contributed by atoms with Crippen LogP contribution >= 0.6 is 15.6 Å². The number of phosphoric ester groups is 2. The number of ether oxygens (including phenoxy) is 4. The number of rotatable bonds is 73. The van der Waals surface area contributed by atoms with Gasteiger partial charge in [-0.2, -0.15) is 0 Å². The second-order valence-corrected chi connectivity index (χ2v) is 28.8. The van der Waals surface area contributed by atoms with Crippen molar-refractivity contribution in [1.82, 2.24) is 0 Å². The first-order chi connectivity index (χ1) is 48.7. The fourth-order valence-electron chi connectivity index (χ4n) is 10.3. The summed E-state index contributed by atoms with van der Waals surface area (Å²) in [5.41, 5.74) is 0. The van der Waals surface area contributed by atoms with Gasteiger partial charge in [-0.25, -0.2) is 9.13 Å². The number of phosphoric acid groups is 2. The molecule has 0 fully saturated rings. The van der Waals surface area contributed by atoms with Crippen molar-refractivity contribution >= 4 is 39.5 Å². The Morgan fingerprint density at radius 1 is 0.290 bits per heavy atom. The molecule has 5 unspecified atom stereocenters. The van der Waals surface area contributed by atoms with Gasteiger partial charge in [-0.15, -0.1) is 0 Å². The molecule has 0 aliphatic carbocycles. The summed E-state index contributed by atoms with van der Waals surface area (Å²) in [5, 5.41) is 10.6. The van der Waals surface area contributed by atoms with E-state index < -0.39 is 97.5 Å². The molecule has 0 radical (unpaired) electrons. The number of carbonyl (C=O) groups excluding carboxylic acids is 4. The van der Waals surface area contributed by atoms with Crippen molar-refractivity contribution in [3.8, 4) is 0 Å². The van der Waals surface area contributed by atoms with Crippen LogP contribution in [-0.2, 0) is 65.4 Å². The molecule has 3 N–H and O–H groups in total. The van der Waals surface area contributed by atoms with Crippen LogP contribution in [0.4, 0.5) is 0 Å². The molecule has 0 spiro atoms. The number of hydrogen-bond acceptors (Lipinski definition) is 15. The average molecular weight is 1450 g/mol. The summed E-state index contributed by atoms with van der Waals surface area (Å²) in [6.07, 6.45) is 77.8. The minimum absolute atomic E-state index is 0.0598. The maximum atomic E-state index is 13.1. The van der Waals surface area contributed by atoms with Gasteiger partial charge >= 0.3 is 39.5 Å². The summed E-state index contributed by atoms with van der Waals surface area (Å²) in [5.74, 6) is -2.22. The van der Waals surface area contributed by atoms with Crippen molar-refractivity contribution in [2.45, 2.75) is 341 Å². The maximum absolute atomic E-state index is 13.1. The molecule has 0 aromatic rings. The number of aliphatic hydroxyl groups is 1. The van der Waals surface area contributed by atoms with Crippen molar-refractivity contribution in [3.05, 3.63) is 109 Å². The van der Waals surface area contributed by atoms with Gasteiger partial charge in [0.05, 0.1) is 26.4 Å². The van der Waals surface area contributed by atoms with Gasteiger partial charge in [-0.1, -0.05) is 278 Å². The Hall–Kier alpha value is -4.28. The van der Waals surface area contributed by atoms with E-state index in [2.05, 4.69) is 137 Å². The molecule has 17 nitrogen and oxygen atoms in total. The topological polar surface area (TPSA) is 237 Å². The molecule has 19 heteroatoms. The van der Waals surface area contributed by atoms with Gasteiger partial charge in [-0.3, -0.25) is 37.3 Å². The second kappa shape index (κ2) is 73.0. The van der Waals surface area contributed by atoms with Gasteiger partial charge in [0, 0.05) is 25.7 Å². The Balaban J connectivity index is 5.39. The molecule has 0 heterocycles. The first-order valence-electron chi connectivity index (χ1n) is 39.1. The molecule has 0 rings (SSSR count). The van der Waals surface area contributed by atoms with E-state index in [0.29, 0.717) is 25.7 Å². The number of hydrogen-bond donors (Lipinski definition) is 3. The maximum Gasteiger partial charge on any atom is 0.472 e. The zero-order valence-corrected chi connectivity index (χ0v) is 64.6. The van der Waals surface area contributed by atoms with Gasteiger partial charge < -0.3 is 33.8 Å². The molecule has 0 aromatic carbocycles. The first-order valence-corrected chi connectivity index (χ1v) is 42.1. The molecular formula is C81H140O17P2. The van der Waals surface area contributed by atoms with E-state index in [1.54, 1.807) is 0 Å². The lowest BCUT2D eigenvalue weighted by Crippen LogP contribution is -2.30. The van der Waals surface area contributed by atoms with E-state index in [9.17, 15) is 43.2 Å². The van der Waals surface area contributed by atoms with Crippen molar-refractivity contribution in [2.75, 3.05) is 39.6 Å². The highest BCUT2D eigenvalue weighted by atomic mass is 31.2. The van der Waals surface area contributed by atoms with Crippen LogP contribution < -0.4 is 0 Å². The SMILES string of the molecule is CC/C=C\C/C=C\C/C=C\C/C=C\CCCCCCC(=O)OCC(COP(=O)(O)OCC(O)COP(=O)(O)OCC(COC(=O)CCCCCCC/C=C\CCCCCC)OC(=O)CCCCCCCCCCCCCCC)OC(=O)CCCCCC/C=C\C/C=C\C/C=C\C/C=C\CC. The number of allylic oxidation sites excluding steroid dienone is 18. The Kier molecular flexibility index (Phi) is 69.9. The number of esters is 4. The quantitative estimate of drug-likeness (QED) is 0.0169. The molecule has 0 bridgehead atoms. The molecule has 0 aliphatic heterocycles. The lowest BCUT2D eigenvalue weighted by molar-refractivity contribution is -0.161. The fraction of sp³-hybridized carbons (Fsp3) is 0.728. The van der Waals surface area contributed by atoms with E-state index in [4.69, 9.17) is 37.0 Å². The first kappa shape index (κ1) is 95.7. The van der Waals surface area contributed by atoms with E-state index in [1.165, 1.54) is 77.0 Å². The molecule has 0 aliphatic rings. The number of unbranched alkanes of at least 4 members (excludes halogenated alkanes) is 29. The number of carbonyl (C=O) groups is 4. The summed E-state index contributed by atoms with van der Waals surface area (Å²) >= 11 is 0. The molecule has 576 valence electrons. The minimum atomic E-state index is -4.99. The highest BCUT2D eigenvalue weighted by molar-refractivity contribution is 7.47. The molecule has 5 atom stereocenters. The molecule has 0 aromatic heterocycles. The van der Waals surface area contributed by atoms with Crippen molar-refractivity contribution in [1.29, 1.82) is 0 Å². The summed E-state index contributed by atoms with van der Waals surface area (Å²) in [6, 6.07) is 0. The lowest BCUT2D eigenvalue weighted by Gasteiger charge is -2.21. The zero-order valence-electron chi connectivity index (χ0n) is 62.8. The van der Waals surface area contributed by atoms with Gasteiger partial charge in [-0.05, 0) is 128 Å². The van der Waals surface area contributed by atoms with Crippen LogP contribution in [-0.4, -0.2) is 96.7 Å². The highest BCUT2D eigenvalue weighted by Crippen LogP contribution is 2.45. The van der Waals surface area contributed by atoms with Crippen molar-refractivity contribution < 1.29 is 80.2 Å². The highest BCUT2D eigenvalue weighted by Gasteiger charge is 2.30. The van der Waals surface area contributed by atoms with Crippen LogP contribution in [0.2, 0.25) is 0 Å². The molecule has 100 heavy (non-hydrogen) atoms. The van der Waals surface area contributed by atoms with Crippen LogP contribution in [0.1, 0.15) is 323 Å². The second-order valence-electron chi connectivity index (χ2n) is 25.9. The lowest BCUT2D eigenvalue weighted by atomic mass is 10.0. The van der Waals surface area contributed by atoms with E-state index in [-0.39, 0.29) is 25.7 Å². The summed E-state index contributed by atoms with van der Waals surface area (Å²) in [4.78, 5) is 72.9. The fourth-order valence-corrected chi connectivity index (χ4v) is 11.9. The molecule has 0 saturated carbocycles. The predicted octanol–water partition coefficient (Wildman–Crippen LogP) is 22.6. The normalized spacial score (nSPS) is 14.5. The third-order valence-electron chi connectivity index (χ3n) is 16.2. The third kappa shape index (κ3) is 72.1. The third-order valence-corrected chi connectivity index (χ3v) is 18.1. The smallest absolute Gasteiger partial charge is 0.462 e. The summed E-state index contributed by atoms with van der Waals surface area (Å²) in [7, 11) is -9.96. The van der Waals surface area contributed by atoms with E-state index >= 15 is 0 Å². The Bertz CT molecular complexity index is 2320. The summed E-state index contributed by atoms with van der Waals surface area (Å²) in [6.45, 7) is 4.59. The van der Waals surface area contributed by atoms with Gasteiger partial charge in [0.15, 0.2) is 12.2 Å². The van der Waals surface area contributed by atoms with E-state index in [0.717, 1.165) is 167 Å². The Labute approximate surface area is 607 Å². The van der Waals surface area contributed by atoms with Crippen molar-refractivity contribution in [3.63, 3.8) is 0 Å². The number of aliphatic hydroxyl groups excluding tert-OH is 1. The minimum Gasteiger partial charge on any atom is -0.462 e. The van der Waals surface area contributed by atoms with E-state index in [1.807, 2.05) is 0 Å². The predicted molar refractivity (Wildman–Crippen MR) is 408 cm³/mol. The zero-order chi connectivity index (χ0) is 73.2. The molecular weight excluding hydrogens is 1310 g/mol. The monoisotopic (exact) mass is 1450 g/mol. The van der Waals surface area contributed by atoms with Gasteiger partial charge in [0.1, 0.15) is 19.3 Å². The summed E-state index contributed by atoms with van der Waals surface area (Å²) < 4.78 is 68.5. The van der Waals surface area contributed by atoms with Crippen LogP contribution in [0.25, 0.3) is 0 Å². The molecule has 0 saturated heterocycles. The average Bonchev–Trinajstić information content (AvgIpc) is 1.15.